The maximum atomic E-state index is 8.73. The Bertz CT molecular complexity index is 285. The smallest absolute Gasteiger partial charge is 0.161 e. The molecule has 3 nitrogen and oxygen atoms in total. The molecule has 0 aliphatic carbocycles. The van der Waals surface area contributed by atoms with Crippen LogP contribution in [0.4, 0.5) is 0 Å². The zero-order chi connectivity index (χ0) is 9.10. The second-order valence-electron chi connectivity index (χ2n) is 3.01. The summed E-state index contributed by atoms with van der Waals surface area (Å²) in [5.41, 5.74) is 0. The fourth-order valence-corrected chi connectivity index (χ4v) is 1.35. The number of para-hydroxylation sites is 2. The average molecular weight is 180 g/mol. The Balaban J connectivity index is 2.11. The third kappa shape index (κ3) is 1.75. The summed E-state index contributed by atoms with van der Waals surface area (Å²) in [6.45, 7) is 0.660. The van der Waals surface area contributed by atoms with Gasteiger partial charge in [0.15, 0.2) is 11.5 Å². The van der Waals surface area contributed by atoms with Gasteiger partial charge in [0, 0.05) is 13.0 Å². The summed E-state index contributed by atoms with van der Waals surface area (Å²) in [5, 5.41) is 8.73. The molecule has 1 atom stereocenters. The van der Waals surface area contributed by atoms with E-state index in [9.17, 15) is 0 Å². The van der Waals surface area contributed by atoms with Crippen molar-refractivity contribution in [3.05, 3.63) is 24.3 Å². The summed E-state index contributed by atoms with van der Waals surface area (Å²) in [6, 6.07) is 7.57. The van der Waals surface area contributed by atoms with Gasteiger partial charge < -0.3 is 14.6 Å². The van der Waals surface area contributed by atoms with Crippen molar-refractivity contribution in [3.63, 3.8) is 0 Å². The van der Waals surface area contributed by atoms with E-state index in [0.29, 0.717) is 13.0 Å². The van der Waals surface area contributed by atoms with E-state index in [2.05, 4.69) is 0 Å². The zero-order valence-corrected chi connectivity index (χ0v) is 7.27. The number of rotatable bonds is 2. The molecule has 0 aromatic heterocycles. The summed E-state index contributed by atoms with van der Waals surface area (Å²) in [6.07, 6.45) is 0.605. The van der Waals surface area contributed by atoms with Crippen LogP contribution in [0, 0.1) is 0 Å². The topological polar surface area (TPSA) is 38.7 Å². The van der Waals surface area contributed by atoms with Crippen LogP contribution in [0.1, 0.15) is 6.42 Å². The van der Waals surface area contributed by atoms with E-state index < -0.39 is 0 Å². The van der Waals surface area contributed by atoms with Gasteiger partial charge >= 0.3 is 0 Å². The van der Waals surface area contributed by atoms with E-state index in [0.717, 1.165) is 11.5 Å². The van der Waals surface area contributed by atoms with Crippen LogP contribution in [0.2, 0.25) is 0 Å². The molecule has 70 valence electrons. The minimum atomic E-state index is -0.0140. The highest BCUT2D eigenvalue weighted by Crippen LogP contribution is 2.31. The van der Waals surface area contributed by atoms with Gasteiger partial charge in [-0.15, -0.1) is 0 Å². The number of aliphatic hydroxyl groups is 1. The first-order valence-corrected chi connectivity index (χ1v) is 4.39. The lowest BCUT2D eigenvalue weighted by atomic mass is 10.2. The number of hydrogen-bond acceptors (Lipinski definition) is 3. The Morgan fingerprint density at radius 2 is 2.08 bits per heavy atom. The van der Waals surface area contributed by atoms with Crippen LogP contribution in [-0.4, -0.2) is 24.4 Å². The summed E-state index contributed by atoms with van der Waals surface area (Å²) in [5.74, 6) is 1.56. The summed E-state index contributed by atoms with van der Waals surface area (Å²) < 4.78 is 11.0. The van der Waals surface area contributed by atoms with Crippen LogP contribution in [0.15, 0.2) is 24.3 Å². The van der Waals surface area contributed by atoms with Gasteiger partial charge in [-0.3, -0.25) is 0 Å². The van der Waals surface area contributed by atoms with Gasteiger partial charge in [-0.05, 0) is 12.1 Å². The third-order valence-corrected chi connectivity index (χ3v) is 2.02. The van der Waals surface area contributed by atoms with Crippen molar-refractivity contribution < 1.29 is 14.6 Å². The Morgan fingerprint density at radius 1 is 1.31 bits per heavy atom. The second-order valence-corrected chi connectivity index (χ2v) is 3.01. The number of fused-ring (bicyclic) bond motifs is 1. The van der Waals surface area contributed by atoms with E-state index in [1.54, 1.807) is 0 Å². The average Bonchev–Trinajstić information content (AvgIpc) is 2.18. The quantitative estimate of drug-likeness (QED) is 0.743. The molecule has 1 aromatic rings. The highest BCUT2D eigenvalue weighted by atomic mass is 16.6. The standard InChI is InChI=1S/C10H12O3/c11-6-5-8-7-12-9-3-1-2-4-10(9)13-8/h1-4,8,11H,5-7H2/t8-/m0/s1. The molecule has 0 fully saturated rings. The van der Waals surface area contributed by atoms with Gasteiger partial charge in [0.1, 0.15) is 12.7 Å². The Hall–Kier alpha value is -1.22. The summed E-state index contributed by atoms with van der Waals surface area (Å²) in [7, 11) is 0. The maximum absolute atomic E-state index is 8.73. The number of aliphatic hydroxyl groups excluding tert-OH is 1. The molecule has 2 rings (SSSR count). The minimum absolute atomic E-state index is 0.0140. The maximum Gasteiger partial charge on any atom is 0.161 e. The lowest BCUT2D eigenvalue weighted by Gasteiger charge is -2.25. The van der Waals surface area contributed by atoms with Gasteiger partial charge in [-0.2, -0.15) is 0 Å². The van der Waals surface area contributed by atoms with Crippen LogP contribution in [0.3, 0.4) is 0 Å². The molecule has 1 heterocycles. The SMILES string of the molecule is OCC[C@H]1COc2ccccc2O1. The van der Waals surface area contributed by atoms with Crippen molar-refractivity contribution in [1.82, 2.24) is 0 Å². The molecular formula is C10H12O3. The van der Waals surface area contributed by atoms with Crippen molar-refractivity contribution in [2.45, 2.75) is 12.5 Å². The first kappa shape index (κ1) is 8.38. The van der Waals surface area contributed by atoms with Crippen molar-refractivity contribution in [3.8, 4) is 11.5 Å². The number of ether oxygens (including phenoxy) is 2. The van der Waals surface area contributed by atoms with Crippen LogP contribution >= 0.6 is 0 Å². The Labute approximate surface area is 76.9 Å². The van der Waals surface area contributed by atoms with Crippen molar-refractivity contribution in [2.75, 3.05) is 13.2 Å². The monoisotopic (exact) mass is 180 g/mol. The fourth-order valence-electron chi connectivity index (χ4n) is 1.35. The molecular weight excluding hydrogens is 168 g/mol. The molecule has 0 radical (unpaired) electrons. The zero-order valence-electron chi connectivity index (χ0n) is 7.27. The minimum Gasteiger partial charge on any atom is -0.486 e. The molecule has 1 aliphatic heterocycles. The van der Waals surface area contributed by atoms with Gasteiger partial charge in [-0.25, -0.2) is 0 Å². The first-order valence-electron chi connectivity index (χ1n) is 4.39. The van der Waals surface area contributed by atoms with E-state index in [1.165, 1.54) is 0 Å². The largest absolute Gasteiger partial charge is 0.486 e. The van der Waals surface area contributed by atoms with Crippen LogP contribution in [-0.2, 0) is 0 Å². The third-order valence-electron chi connectivity index (χ3n) is 2.02. The summed E-state index contributed by atoms with van der Waals surface area (Å²) >= 11 is 0. The van der Waals surface area contributed by atoms with Gasteiger partial charge in [0.25, 0.3) is 0 Å². The molecule has 0 saturated carbocycles. The summed E-state index contributed by atoms with van der Waals surface area (Å²) in [4.78, 5) is 0. The van der Waals surface area contributed by atoms with E-state index in [4.69, 9.17) is 14.6 Å². The lowest BCUT2D eigenvalue weighted by molar-refractivity contribution is 0.0704. The second kappa shape index (κ2) is 3.66. The molecule has 1 aliphatic rings. The molecule has 0 amide bonds. The van der Waals surface area contributed by atoms with Crippen LogP contribution < -0.4 is 9.47 Å². The van der Waals surface area contributed by atoms with Crippen LogP contribution in [0.5, 0.6) is 11.5 Å². The predicted molar refractivity (Wildman–Crippen MR) is 48.1 cm³/mol. The predicted octanol–water partition coefficient (Wildman–Crippen LogP) is 1.21. The molecule has 0 spiro atoms. The first-order chi connectivity index (χ1) is 6.40. The van der Waals surface area contributed by atoms with E-state index in [-0.39, 0.29) is 12.7 Å². The fraction of sp³-hybridized carbons (Fsp3) is 0.400. The Kier molecular flexibility index (Phi) is 2.36. The van der Waals surface area contributed by atoms with Gasteiger partial charge in [-0.1, -0.05) is 12.1 Å². The molecule has 1 N–H and O–H groups in total. The molecule has 13 heavy (non-hydrogen) atoms. The van der Waals surface area contributed by atoms with Gasteiger partial charge in [0.2, 0.25) is 0 Å². The van der Waals surface area contributed by atoms with Crippen molar-refractivity contribution in [2.24, 2.45) is 0 Å². The highest BCUT2D eigenvalue weighted by Gasteiger charge is 2.19. The number of hydrogen-bond donors (Lipinski definition) is 1. The normalized spacial score (nSPS) is 19.9. The number of benzene rings is 1. The van der Waals surface area contributed by atoms with Crippen molar-refractivity contribution in [1.29, 1.82) is 0 Å². The lowest BCUT2D eigenvalue weighted by Crippen LogP contribution is -2.29. The molecule has 0 bridgehead atoms. The molecule has 1 aromatic carbocycles. The Morgan fingerprint density at radius 3 is 2.85 bits per heavy atom. The molecule has 3 heteroatoms. The van der Waals surface area contributed by atoms with Crippen LogP contribution in [0.25, 0.3) is 0 Å². The van der Waals surface area contributed by atoms with Gasteiger partial charge in [0.05, 0.1) is 0 Å². The van der Waals surface area contributed by atoms with E-state index in [1.807, 2.05) is 24.3 Å². The molecule has 0 unspecified atom stereocenters. The van der Waals surface area contributed by atoms with E-state index >= 15 is 0 Å². The highest BCUT2D eigenvalue weighted by molar-refractivity contribution is 5.40. The van der Waals surface area contributed by atoms with Crippen molar-refractivity contribution >= 4 is 0 Å². The molecule has 0 saturated heterocycles.